The molecule has 1 atom stereocenters. The van der Waals surface area contributed by atoms with Crippen molar-refractivity contribution in [3.05, 3.63) is 87.6 Å². The summed E-state index contributed by atoms with van der Waals surface area (Å²) in [7, 11) is 3.09. The van der Waals surface area contributed by atoms with Crippen LogP contribution in [-0.4, -0.2) is 29.4 Å². The molecule has 154 valence electrons. The number of aliphatic hydroxyl groups excluding tert-OH is 1. The lowest BCUT2D eigenvalue weighted by Crippen LogP contribution is -2.11. The van der Waals surface area contributed by atoms with E-state index in [1.807, 2.05) is 24.3 Å². The number of aromatic hydroxyl groups is 1. The van der Waals surface area contributed by atoms with Gasteiger partial charge >= 0.3 is 0 Å². The molecule has 0 bridgehead atoms. The van der Waals surface area contributed by atoms with Crippen molar-refractivity contribution in [2.75, 3.05) is 14.2 Å². The molecule has 7 heteroatoms. The number of H-pyrrole nitrogens is 1. The molecule has 2 aromatic carbocycles. The molecule has 0 amide bonds. The minimum Gasteiger partial charge on any atom is -0.502 e. The predicted octanol–water partition coefficient (Wildman–Crippen LogP) is 3.52. The molecular formula is C23H21NO6. The van der Waals surface area contributed by atoms with Crippen LogP contribution >= 0.6 is 0 Å². The van der Waals surface area contributed by atoms with Crippen LogP contribution in [0.4, 0.5) is 0 Å². The van der Waals surface area contributed by atoms with Gasteiger partial charge in [0.1, 0.15) is 23.9 Å². The van der Waals surface area contributed by atoms with Crippen LogP contribution in [0.1, 0.15) is 28.6 Å². The molecule has 1 unspecified atom stereocenters. The number of benzene rings is 2. The van der Waals surface area contributed by atoms with Gasteiger partial charge in [-0.25, -0.2) is 0 Å². The van der Waals surface area contributed by atoms with Crippen LogP contribution < -0.4 is 14.9 Å². The van der Waals surface area contributed by atoms with Crippen molar-refractivity contribution in [1.29, 1.82) is 0 Å². The van der Waals surface area contributed by atoms with Gasteiger partial charge < -0.3 is 29.1 Å². The number of hydrogen-bond acceptors (Lipinski definition) is 6. The lowest BCUT2D eigenvalue weighted by atomic mass is 9.87. The first kappa shape index (κ1) is 19.6. The van der Waals surface area contributed by atoms with Gasteiger partial charge in [-0.2, -0.15) is 0 Å². The zero-order chi connectivity index (χ0) is 21.3. The Morgan fingerprint density at radius 3 is 2.60 bits per heavy atom. The summed E-state index contributed by atoms with van der Waals surface area (Å²) < 4.78 is 16.7. The first-order valence-electron chi connectivity index (χ1n) is 9.32. The summed E-state index contributed by atoms with van der Waals surface area (Å²) in [5, 5.41) is 21.1. The minimum atomic E-state index is -0.703. The molecule has 2 aromatic heterocycles. The Bertz CT molecular complexity index is 1260. The largest absolute Gasteiger partial charge is 0.502 e. The number of rotatable bonds is 6. The Kier molecular flexibility index (Phi) is 5.20. The van der Waals surface area contributed by atoms with Crippen molar-refractivity contribution >= 4 is 10.9 Å². The first-order chi connectivity index (χ1) is 14.6. The minimum absolute atomic E-state index is 0.0165. The maximum Gasteiger partial charge on any atom is 0.227 e. The van der Waals surface area contributed by atoms with Crippen LogP contribution in [0, 0.1) is 0 Å². The normalized spacial score (nSPS) is 12.1. The molecule has 30 heavy (non-hydrogen) atoms. The van der Waals surface area contributed by atoms with Crippen LogP contribution in [-0.2, 0) is 6.61 Å². The zero-order valence-corrected chi connectivity index (χ0v) is 16.5. The number of aromatic amines is 1. The Morgan fingerprint density at radius 2 is 1.87 bits per heavy atom. The fraction of sp³-hybridized carbons (Fsp3) is 0.174. The summed E-state index contributed by atoms with van der Waals surface area (Å²) in [6.45, 7) is -0.474. The van der Waals surface area contributed by atoms with E-state index in [1.165, 1.54) is 7.11 Å². The Morgan fingerprint density at radius 1 is 1.07 bits per heavy atom. The molecule has 4 rings (SSSR count). The third-order valence-corrected chi connectivity index (χ3v) is 5.10. The fourth-order valence-electron chi connectivity index (χ4n) is 3.68. The summed E-state index contributed by atoms with van der Waals surface area (Å²) in [5.41, 5.74) is 1.66. The molecule has 0 spiro atoms. The van der Waals surface area contributed by atoms with Gasteiger partial charge in [0.05, 0.1) is 20.1 Å². The van der Waals surface area contributed by atoms with Gasteiger partial charge in [0.25, 0.3) is 0 Å². The lowest BCUT2D eigenvalue weighted by Gasteiger charge is -2.21. The SMILES string of the molecule is COc1ccc(OC)c(C(c2oc(CO)cc(=O)c2O)c2c[nH]c3ccccc23)c1. The van der Waals surface area contributed by atoms with Gasteiger partial charge in [-0.1, -0.05) is 18.2 Å². The van der Waals surface area contributed by atoms with E-state index in [9.17, 15) is 15.0 Å². The van der Waals surface area contributed by atoms with E-state index in [0.717, 1.165) is 22.5 Å². The van der Waals surface area contributed by atoms with Crippen LogP contribution in [0.2, 0.25) is 0 Å². The number of fused-ring (bicyclic) bond motifs is 1. The summed E-state index contributed by atoms with van der Waals surface area (Å²) >= 11 is 0. The molecule has 0 aliphatic carbocycles. The highest BCUT2D eigenvalue weighted by Gasteiger charge is 2.30. The number of methoxy groups -OCH3 is 2. The number of hydrogen-bond donors (Lipinski definition) is 3. The molecule has 0 saturated carbocycles. The third-order valence-electron chi connectivity index (χ3n) is 5.10. The highest BCUT2D eigenvalue weighted by Crippen LogP contribution is 2.43. The Labute approximate surface area is 172 Å². The van der Waals surface area contributed by atoms with Crippen molar-refractivity contribution in [2.24, 2.45) is 0 Å². The third kappa shape index (κ3) is 3.29. The molecule has 2 heterocycles. The van der Waals surface area contributed by atoms with Crippen molar-refractivity contribution < 1.29 is 24.1 Å². The highest BCUT2D eigenvalue weighted by molar-refractivity contribution is 5.85. The van der Waals surface area contributed by atoms with E-state index in [-0.39, 0.29) is 11.5 Å². The number of nitrogens with one attached hydrogen (secondary N) is 1. The van der Waals surface area contributed by atoms with E-state index in [1.54, 1.807) is 31.5 Å². The van der Waals surface area contributed by atoms with E-state index in [4.69, 9.17) is 13.9 Å². The monoisotopic (exact) mass is 407 g/mol. The van der Waals surface area contributed by atoms with E-state index in [0.29, 0.717) is 17.1 Å². The fourth-order valence-corrected chi connectivity index (χ4v) is 3.68. The number of ether oxygens (including phenoxy) is 2. The molecule has 0 radical (unpaired) electrons. The second kappa shape index (κ2) is 7.96. The number of aromatic nitrogens is 1. The standard InChI is InChI=1S/C23H21NO6/c1-28-13-7-8-20(29-2)16(9-13)21(17-11-24-18-6-4-3-5-15(17)18)23-22(27)19(26)10-14(12-25)30-23/h3-11,21,24-25,27H,12H2,1-2H3. The molecular weight excluding hydrogens is 386 g/mol. The summed E-state index contributed by atoms with van der Waals surface area (Å²) in [5.74, 6) is -0.0431. The van der Waals surface area contributed by atoms with Gasteiger partial charge in [0, 0.05) is 28.7 Å². The Hall–Kier alpha value is -3.71. The lowest BCUT2D eigenvalue weighted by molar-refractivity contribution is 0.234. The smallest absolute Gasteiger partial charge is 0.227 e. The van der Waals surface area contributed by atoms with Gasteiger partial charge in [-0.15, -0.1) is 0 Å². The summed E-state index contributed by atoms with van der Waals surface area (Å²) in [4.78, 5) is 15.6. The van der Waals surface area contributed by atoms with E-state index < -0.39 is 23.7 Å². The van der Waals surface area contributed by atoms with Gasteiger partial charge in [-0.3, -0.25) is 4.79 Å². The predicted molar refractivity (Wildman–Crippen MR) is 111 cm³/mol. The van der Waals surface area contributed by atoms with Crippen LogP contribution in [0.25, 0.3) is 10.9 Å². The summed E-state index contributed by atoms with van der Waals surface area (Å²) in [6, 6.07) is 14.0. The van der Waals surface area contributed by atoms with Crippen LogP contribution in [0.15, 0.2) is 63.9 Å². The van der Waals surface area contributed by atoms with Crippen molar-refractivity contribution in [3.8, 4) is 17.2 Å². The second-order valence-corrected chi connectivity index (χ2v) is 6.78. The average Bonchev–Trinajstić information content (AvgIpc) is 3.20. The molecule has 0 aliphatic heterocycles. The Balaban J connectivity index is 2.08. The maximum atomic E-state index is 12.4. The van der Waals surface area contributed by atoms with Gasteiger partial charge in [-0.05, 0) is 29.8 Å². The van der Waals surface area contributed by atoms with Crippen LogP contribution in [0.3, 0.4) is 0 Å². The molecule has 3 N–H and O–H groups in total. The van der Waals surface area contributed by atoms with Gasteiger partial charge in [0.2, 0.25) is 11.2 Å². The molecule has 7 nitrogen and oxygen atoms in total. The van der Waals surface area contributed by atoms with Gasteiger partial charge in [0.15, 0.2) is 5.76 Å². The zero-order valence-electron chi connectivity index (χ0n) is 16.5. The van der Waals surface area contributed by atoms with Crippen molar-refractivity contribution in [3.63, 3.8) is 0 Å². The first-order valence-corrected chi connectivity index (χ1v) is 9.32. The maximum absolute atomic E-state index is 12.4. The topological polar surface area (TPSA) is 105 Å². The number of para-hydroxylation sites is 1. The average molecular weight is 407 g/mol. The molecule has 0 fully saturated rings. The number of aliphatic hydroxyl groups is 1. The summed E-state index contributed by atoms with van der Waals surface area (Å²) in [6.07, 6.45) is 1.80. The van der Waals surface area contributed by atoms with Crippen LogP contribution in [0.5, 0.6) is 17.2 Å². The second-order valence-electron chi connectivity index (χ2n) is 6.78. The molecule has 0 saturated heterocycles. The quantitative estimate of drug-likeness (QED) is 0.452. The van der Waals surface area contributed by atoms with Crippen molar-refractivity contribution in [1.82, 2.24) is 4.98 Å². The highest BCUT2D eigenvalue weighted by atomic mass is 16.5. The van der Waals surface area contributed by atoms with E-state index in [2.05, 4.69) is 4.98 Å². The van der Waals surface area contributed by atoms with Crippen molar-refractivity contribution in [2.45, 2.75) is 12.5 Å². The van der Waals surface area contributed by atoms with E-state index >= 15 is 0 Å². The molecule has 4 aromatic rings. The molecule has 0 aliphatic rings.